The molecule has 106 valence electrons. The Bertz CT molecular complexity index is 502. The van der Waals surface area contributed by atoms with Gasteiger partial charge in [0.1, 0.15) is 4.21 Å². The molecule has 19 heavy (non-hydrogen) atoms. The third-order valence-electron chi connectivity index (χ3n) is 3.37. The molecule has 1 fully saturated rings. The number of nitrogens with one attached hydrogen (secondary N) is 1. The van der Waals surface area contributed by atoms with E-state index < -0.39 is 9.84 Å². The van der Waals surface area contributed by atoms with Gasteiger partial charge in [0, 0.05) is 12.5 Å². The minimum Gasteiger partial charge on any atom is -0.353 e. The van der Waals surface area contributed by atoms with Crippen LogP contribution in [0.4, 0.5) is 0 Å². The zero-order chi connectivity index (χ0) is 13.7. The maximum atomic E-state index is 11.9. The molecule has 1 N–H and O–H groups in total. The van der Waals surface area contributed by atoms with Crippen molar-refractivity contribution >= 4 is 27.1 Å². The molecule has 0 spiro atoms. The van der Waals surface area contributed by atoms with Crippen molar-refractivity contribution < 1.29 is 13.2 Å². The van der Waals surface area contributed by atoms with E-state index >= 15 is 0 Å². The largest absolute Gasteiger partial charge is 0.353 e. The molecule has 1 aliphatic rings. The van der Waals surface area contributed by atoms with E-state index in [4.69, 9.17) is 0 Å². The SMILES string of the molecule is O=C(CCS(=O)(=O)c1cccs1)NC1CCCCC1. The maximum absolute atomic E-state index is 11.9. The molecule has 4 nitrogen and oxygen atoms in total. The van der Waals surface area contributed by atoms with Gasteiger partial charge in [0.2, 0.25) is 5.91 Å². The summed E-state index contributed by atoms with van der Waals surface area (Å²) in [6.45, 7) is 0. The quantitative estimate of drug-likeness (QED) is 0.908. The molecule has 1 heterocycles. The summed E-state index contributed by atoms with van der Waals surface area (Å²) in [5, 5.41) is 4.67. The molecule has 0 aliphatic heterocycles. The number of hydrogen-bond acceptors (Lipinski definition) is 4. The van der Waals surface area contributed by atoms with Crippen molar-refractivity contribution in [3.63, 3.8) is 0 Å². The zero-order valence-corrected chi connectivity index (χ0v) is 12.4. The molecule has 0 bridgehead atoms. The van der Waals surface area contributed by atoms with Crippen molar-refractivity contribution in [3.05, 3.63) is 17.5 Å². The minimum absolute atomic E-state index is 0.0523. The smallest absolute Gasteiger partial charge is 0.221 e. The van der Waals surface area contributed by atoms with Crippen LogP contribution in [0.3, 0.4) is 0 Å². The second-order valence-electron chi connectivity index (χ2n) is 4.90. The highest BCUT2D eigenvalue weighted by atomic mass is 32.2. The van der Waals surface area contributed by atoms with Crippen molar-refractivity contribution in [2.24, 2.45) is 0 Å². The van der Waals surface area contributed by atoms with Crippen molar-refractivity contribution in [1.29, 1.82) is 0 Å². The minimum atomic E-state index is -3.30. The van der Waals surface area contributed by atoms with Crippen molar-refractivity contribution in [3.8, 4) is 0 Å². The third kappa shape index (κ3) is 4.31. The molecular weight excluding hydrogens is 282 g/mol. The predicted octanol–water partition coefficient (Wildman–Crippen LogP) is 2.36. The van der Waals surface area contributed by atoms with Crippen LogP contribution in [-0.2, 0) is 14.6 Å². The molecule has 1 aromatic rings. The first-order chi connectivity index (χ1) is 9.08. The molecule has 0 radical (unpaired) electrons. The molecule has 0 unspecified atom stereocenters. The maximum Gasteiger partial charge on any atom is 0.221 e. The van der Waals surface area contributed by atoms with Gasteiger partial charge in [0.15, 0.2) is 9.84 Å². The Labute approximate surface area is 118 Å². The van der Waals surface area contributed by atoms with E-state index in [1.807, 2.05) is 0 Å². The van der Waals surface area contributed by atoms with E-state index in [1.54, 1.807) is 17.5 Å². The van der Waals surface area contributed by atoms with E-state index in [1.165, 1.54) is 17.8 Å². The Kier molecular flexibility index (Phi) is 4.99. The second kappa shape index (κ2) is 6.52. The fraction of sp³-hybridized carbons (Fsp3) is 0.615. The van der Waals surface area contributed by atoms with E-state index in [2.05, 4.69) is 5.32 Å². The number of hydrogen-bond donors (Lipinski definition) is 1. The summed E-state index contributed by atoms with van der Waals surface area (Å²) in [6, 6.07) is 3.53. The first kappa shape index (κ1) is 14.5. The van der Waals surface area contributed by atoms with Crippen LogP contribution >= 0.6 is 11.3 Å². The van der Waals surface area contributed by atoms with Crippen molar-refractivity contribution in [2.45, 2.75) is 48.8 Å². The molecule has 0 atom stereocenters. The lowest BCUT2D eigenvalue weighted by Gasteiger charge is -2.22. The fourth-order valence-electron chi connectivity index (χ4n) is 2.31. The van der Waals surface area contributed by atoms with Gasteiger partial charge < -0.3 is 5.32 Å². The molecule has 0 saturated heterocycles. The molecule has 6 heteroatoms. The highest BCUT2D eigenvalue weighted by Crippen LogP contribution is 2.19. The number of carbonyl (C=O) groups excluding carboxylic acids is 1. The normalized spacial score (nSPS) is 17.3. The van der Waals surface area contributed by atoms with Gasteiger partial charge in [-0.05, 0) is 24.3 Å². The average molecular weight is 301 g/mol. The molecule has 1 saturated carbocycles. The van der Waals surface area contributed by atoms with Gasteiger partial charge in [-0.25, -0.2) is 8.42 Å². The van der Waals surface area contributed by atoms with Crippen molar-refractivity contribution in [1.82, 2.24) is 5.32 Å². The van der Waals surface area contributed by atoms with Gasteiger partial charge in [0.05, 0.1) is 5.75 Å². The highest BCUT2D eigenvalue weighted by Gasteiger charge is 2.19. The van der Waals surface area contributed by atoms with Gasteiger partial charge in [-0.2, -0.15) is 0 Å². The number of rotatable bonds is 5. The highest BCUT2D eigenvalue weighted by molar-refractivity contribution is 7.93. The molecule has 1 amide bonds. The van der Waals surface area contributed by atoms with E-state index in [9.17, 15) is 13.2 Å². The number of carbonyl (C=O) groups is 1. The van der Waals surface area contributed by atoms with Crippen LogP contribution in [0.5, 0.6) is 0 Å². The first-order valence-corrected chi connectivity index (χ1v) is 9.17. The Morgan fingerprint density at radius 2 is 2.05 bits per heavy atom. The fourth-order valence-corrected chi connectivity index (χ4v) is 4.71. The standard InChI is InChI=1S/C13H19NO3S2/c15-12(14-11-5-2-1-3-6-11)8-10-19(16,17)13-7-4-9-18-13/h4,7,9,11H,1-3,5-6,8,10H2,(H,14,15). The summed E-state index contributed by atoms with van der Waals surface area (Å²) in [5.41, 5.74) is 0. The number of sulfone groups is 1. The van der Waals surface area contributed by atoms with E-state index in [0.29, 0.717) is 4.21 Å². The Balaban J connectivity index is 1.80. The lowest BCUT2D eigenvalue weighted by Crippen LogP contribution is -2.36. The number of thiophene rings is 1. The zero-order valence-electron chi connectivity index (χ0n) is 10.8. The second-order valence-corrected chi connectivity index (χ2v) is 8.19. The van der Waals surface area contributed by atoms with Gasteiger partial charge in [0.25, 0.3) is 0 Å². The van der Waals surface area contributed by atoms with Gasteiger partial charge in [-0.15, -0.1) is 11.3 Å². The molecular formula is C13H19NO3S2. The van der Waals surface area contributed by atoms with Gasteiger partial charge in [-0.1, -0.05) is 25.3 Å². The van der Waals surface area contributed by atoms with Gasteiger partial charge in [-0.3, -0.25) is 4.79 Å². The lowest BCUT2D eigenvalue weighted by atomic mass is 9.95. The summed E-state index contributed by atoms with van der Waals surface area (Å²) in [5.74, 6) is -0.251. The summed E-state index contributed by atoms with van der Waals surface area (Å²) in [7, 11) is -3.30. The van der Waals surface area contributed by atoms with Crippen molar-refractivity contribution in [2.75, 3.05) is 5.75 Å². The summed E-state index contributed by atoms with van der Waals surface area (Å²) in [4.78, 5) is 11.8. The lowest BCUT2D eigenvalue weighted by molar-refractivity contribution is -0.121. The van der Waals surface area contributed by atoms with Crippen LogP contribution in [0.25, 0.3) is 0 Å². The van der Waals surface area contributed by atoms with Crippen LogP contribution in [0.15, 0.2) is 21.7 Å². The Morgan fingerprint density at radius 3 is 2.68 bits per heavy atom. The van der Waals surface area contributed by atoms with Crippen LogP contribution in [-0.4, -0.2) is 26.1 Å². The average Bonchev–Trinajstić information content (AvgIpc) is 2.92. The Morgan fingerprint density at radius 1 is 1.32 bits per heavy atom. The van der Waals surface area contributed by atoms with Crippen LogP contribution < -0.4 is 5.32 Å². The summed E-state index contributed by atoms with van der Waals surface area (Å²) in [6.07, 6.45) is 5.62. The van der Waals surface area contributed by atoms with Crippen LogP contribution in [0.1, 0.15) is 38.5 Å². The predicted molar refractivity (Wildman–Crippen MR) is 76.0 cm³/mol. The number of amides is 1. The Hall–Kier alpha value is -0.880. The third-order valence-corrected chi connectivity index (χ3v) is 6.57. The van der Waals surface area contributed by atoms with E-state index in [-0.39, 0.29) is 24.1 Å². The van der Waals surface area contributed by atoms with Crippen LogP contribution in [0.2, 0.25) is 0 Å². The summed E-state index contributed by atoms with van der Waals surface area (Å²) >= 11 is 1.20. The molecule has 1 aliphatic carbocycles. The molecule has 1 aromatic heterocycles. The van der Waals surface area contributed by atoms with E-state index in [0.717, 1.165) is 25.7 Å². The molecule has 0 aromatic carbocycles. The van der Waals surface area contributed by atoms with Crippen LogP contribution in [0, 0.1) is 0 Å². The monoisotopic (exact) mass is 301 g/mol. The topological polar surface area (TPSA) is 63.2 Å². The summed E-state index contributed by atoms with van der Waals surface area (Å²) < 4.78 is 24.2. The van der Waals surface area contributed by atoms with Gasteiger partial charge >= 0.3 is 0 Å². The molecule has 2 rings (SSSR count). The first-order valence-electron chi connectivity index (χ1n) is 6.63.